The molecule has 0 spiro atoms. The summed E-state index contributed by atoms with van der Waals surface area (Å²) in [6, 6.07) is 15.4. The highest BCUT2D eigenvalue weighted by molar-refractivity contribution is 7.08. The van der Waals surface area contributed by atoms with Crippen LogP contribution in [0.2, 0.25) is 0 Å². The van der Waals surface area contributed by atoms with Crippen molar-refractivity contribution in [2.45, 2.75) is 0 Å². The molecule has 120 valence electrons. The van der Waals surface area contributed by atoms with Crippen molar-refractivity contribution < 1.29 is 0 Å². The first-order chi connectivity index (χ1) is 12.3. The highest BCUT2D eigenvalue weighted by Gasteiger charge is 2.17. The molecule has 0 amide bonds. The summed E-state index contributed by atoms with van der Waals surface area (Å²) < 4.78 is 3.46. The SMILES string of the molecule is O=c1c2cnn(-c3ccsc3)c2c2cccnc2n1-c1ccccc1. The summed E-state index contributed by atoms with van der Waals surface area (Å²) in [4.78, 5) is 17.7. The van der Waals surface area contributed by atoms with Crippen LogP contribution in [0.4, 0.5) is 0 Å². The fourth-order valence-corrected chi connectivity index (χ4v) is 3.75. The van der Waals surface area contributed by atoms with Gasteiger partial charge in [-0.2, -0.15) is 16.4 Å². The second-order valence-corrected chi connectivity index (χ2v) is 6.43. The molecule has 0 aliphatic rings. The molecule has 0 radical (unpaired) electrons. The number of thiophene rings is 1. The van der Waals surface area contributed by atoms with Gasteiger partial charge in [0.25, 0.3) is 5.56 Å². The Hall–Kier alpha value is -3.25. The molecule has 0 atom stereocenters. The average Bonchev–Trinajstić information content (AvgIpc) is 3.32. The van der Waals surface area contributed by atoms with E-state index in [2.05, 4.69) is 10.1 Å². The molecule has 5 aromatic rings. The molecule has 4 aromatic heterocycles. The summed E-state index contributed by atoms with van der Waals surface area (Å²) in [5, 5.41) is 9.94. The van der Waals surface area contributed by atoms with Gasteiger partial charge >= 0.3 is 0 Å². The van der Waals surface area contributed by atoms with Crippen molar-refractivity contribution >= 4 is 33.3 Å². The van der Waals surface area contributed by atoms with Crippen molar-refractivity contribution in [3.8, 4) is 11.4 Å². The Balaban J connectivity index is 1.99. The van der Waals surface area contributed by atoms with Crippen LogP contribution in [0.15, 0.2) is 76.5 Å². The first kappa shape index (κ1) is 14.1. The van der Waals surface area contributed by atoms with E-state index in [1.165, 1.54) is 0 Å². The number of hydrogen-bond acceptors (Lipinski definition) is 4. The molecule has 5 nitrogen and oxygen atoms in total. The smallest absolute Gasteiger partial charge is 0.267 e. The Kier molecular flexibility index (Phi) is 3.05. The molecule has 6 heteroatoms. The number of aromatic nitrogens is 4. The number of hydrogen-bond donors (Lipinski definition) is 0. The Morgan fingerprint density at radius 3 is 2.60 bits per heavy atom. The molecule has 1 aromatic carbocycles. The third kappa shape index (κ3) is 2.04. The Morgan fingerprint density at radius 1 is 0.920 bits per heavy atom. The number of para-hydroxylation sites is 1. The zero-order valence-electron chi connectivity index (χ0n) is 13.0. The first-order valence-electron chi connectivity index (χ1n) is 7.80. The van der Waals surface area contributed by atoms with Crippen molar-refractivity contribution in [3.63, 3.8) is 0 Å². The number of fused-ring (bicyclic) bond motifs is 3. The molecule has 0 fully saturated rings. The summed E-state index contributed by atoms with van der Waals surface area (Å²) in [7, 11) is 0. The fourth-order valence-electron chi connectivity index (χ4n) is 3.13. The molecule has 0 unspecified atom stereocenters. The second-order valence-electron chi connectivity index (χ2n) is 5.65. The van der Waals surface area contributed by atoms with Gasteiger partial charge in [0.05, 0.1) is 28.5 Å². The summed E-state index contributed by atoms with van der Waals surface area (Å²) >= 11 is 1.60. The maximum absolute atomic E-state index is 13.2. The van der Waals surface area contributed by atoms with Gasteiger partial charge in [-0.15, -0.1) is 0 Å². The minimum Gasteiger partial charge on any atom is -0.268 e. The number of benzene rings is 1. The standard InChI is InChI=1S/C19H12N4OS/c24-19-16-11-21-23(14-8-10-25-12-14)17(16)15-7-4-9-20-18(15)22(19)13-5-2-1-3-6-13/h1-12H. The third-order valence-electron chi connectivity index (χ3n) is 4.22. The van der Waals surface area contributed by atoms with Crippen molar-refractivity contribution in [2.24, 2.45) is 0 Å². The summed E-state index contributed by atoms with van der Waals surface area (Å²) in [6.07, 6.45) is 3.35. The monoisotopic (exact) mass is 344 g/mol. The molecular formula is C19H12N4OS. The second kappa shape index (κ2) is 5.39. The van der Waals surface area contributed by atoms with Gasteiger partial charge in [-0.05, 0) is 35.7 Å². The molecule has 4 heterocycles. The predicted molar refractivity (Wildman–Crippen MR) is 99.8 cm³/mol. The van der Waals surface area contributed by atoms with Crippen molar-refractivity contribution in [1.29, 1.82) is 0 Å². The summed E-state index contributed by atoms with van der Waals surface area (Å²) in [6.45, 7) is 0. The lowest BCUT2D eigenvalue weighted by molar-refractivity contribution is 0.917. The minimum atomic E-state index is -0.117. The van der Waals surface area contributed by atoms with Crippen LogP contribution in [0.1, 0.15) is 0 Å². The lowest BCUT2D eigenvalue weighted by atomic mass is 10.2. The van der Waals surface area contributed by atoms with Gasteiger partial charge in [-0.25, -0.2) is 9.67 Å². The lowest BCUT2D eigenvalue weighted by Gasteiger charge is -2.11. The highest BCUT2D eigenvalue weighted by Crippen LogP contribution is 2.26. The molecule has 0 saturated heterocycles. The van der Waals surface area contributed by atoms with E-state index in [1.54, 1.807) is 28.3 Å². The Morgan fingerprint density at radius 2 is 1.80 bits per heavy atom. The van der Waals surface area contributed by atoms with Crippen LogP contribution in [0.3, 0.4) is 0 Å². The topological polar surface area (TPSA) is 52.7 Å². The van der Waals surface area contributed by atoms with Gasteiger partial charge in [-0.1, -0.05) is 18.2 Å². The number of rotatable bonds is 2. The van der Waals surface area contributed by atoms with Crippen LogP contribution < -0.4 is 5.56 Å². The predicted octanol–water partition coefficient (Wildman–Crippen LogP) is 3.79. The quantitative estimate of drug-likeness (QED) is 0.490. The van der Waals surface area contributed by atoms with Gasteiger partial charge in [0, 0.05) is 17.0 Å². The molecule has 0 bridgehead atoms. The molecule has 0 saturated carbocycles. The van der Waals surface area contributed by atoms with Crippen LogP contribution in [-0.4, -0.2) is 19.3 Å². The van der Waals surface area contributed by atoms with Gasteiger partial charge in [0.15, 0.2) is 0 Å². The van der Waals surface area contributed by atoms with Gasteiger partial charge in [0.1, 0.15) is 5.65 Å². The maximum Gasteiger partial charge on any atom is 0.267 e. The van der Waals surface area contributed by atoms with E-state index in [0.717, 1.165) is 22.3 Å². The Bertz CT molecular complexity index is 1250. The zero-order chi connectivity index (χ0) is 16.8. The van der Waals surface area contributed by atoms with Gasteiger partial charge in [0.2, 0.25) is 0 Å². The lowest BCUT2D eigenvalue weighted by Crippen LogP contribution is -2.19. The van der Waals surface area contributed by atoms with E-state index in [1.807, 2.05) is 64.0 Å². The van der Waals surface area contributed by atoms with Crippen LogP contribution in [-0.2, 0) is 0 Å². The van der Waals surface area contributed by atoms with Crippen LogP contribution in [0.5, 0.6) is 0 Å². The van der Waals surface area contributed by atoms with Crippen molar-refractivity contribution in [2.75, 3.05) is 0 Å². The largest absolute Gasteiger partial charge is 0.268 e. The first-order valence-corrected chi connectivity index (χ1v) is 8.74. The van der Waals surface area contributed by atoms with Crippen molar-refractivity contribution in [3.05, 3.63) is 82.0 Å². The molecule has 0 aliphatic carbocycles. The minimum absolute atomic E-state index is 0.117. The third-order valence-corrected chi connectivity index (χ3v) is 4.89. The molecular weight excluding hydrogens is 332 g/mol. The van der Waals surface area contributed by atoms with Crippen LogP contribution >= 0.6 is 11.3 Å². The Labute approximate surface area is 146 Å². The van der Waals surface area contributed by atoms with E-state index < -0.39 is 0 Å². The average molecular weight is 344 g/mol. The van der Waals surface area contributed by atoms with E-state index in [-0.39, 0.29) is 5.56 Å². The van der Waals surface area contributed by atoms with E-state index in [4.69, 9.17) is 0 Å². The normalized spacial score (nSPS) is 11.4. The number of pyridine rings is 2. The molecule has 0 aliphatic heterocycles. The summed E-state index contributed by atoms with van der Waals surface area (Å²) in [5.74, 6) is 0. The highest BCUT2D eigenvalue weighted by atomic mass is 32.1. The van der Waals surface area contributed by atoms with Crippen LogP contribution in [0.25, 0.3) is 33.3 Å². The van der Waals surface area contributed by atoms with E-state index in [0.29, 0.717) is 11.0 Å². The molecule has 25 heavy (non-hydrogen) atoms. The molecule has 5 rings (SSSR count). The van der Waals surface area contributed by atoms with Crippen LogP contribution in [0, 0.1) is 0 Å². The summed E-state index contributed by atoms with van der Waals surface area (Å²) in [5.41, 5.74) is 3.04. The maximum atomic E-state index is 13.2. The van der Waals surface area contributed by atoms with E-state index >= 15 is 0 Å². The van der Waals surface area contributed by atoms with E-state index in [9.17, 15) is 4.79 Å². The van der Waals surface area contributed by atoms with Gasteiger partial charge < -0.3 is 0 Å². The zero-order valence-corrected chi connectivity index (χ0v) is 13.9. The fraction of sp³-hybridized carbons (Fsp3) is 0. The number of nitrogens with zero attached hydrogens (tertiary/aromatic N) is 4. The molecule has 0 N–H and O–H groups in total. The van der Waals surface area contributed by atoms with Crippen molar-refractivity contribution in [1.82, 2.24) is 19.3 Å². The van der Waals surface area contributed by atoms with Gasteiger partial charge in [-0.3, -0.25) is 9.36 Å².